The van der Waals surface area contributed by atoms with E-state index in [1.54, 1.807) is 12.0 Å². The van der Waals surface area contributed by atoms with Gasteiger partial charge in [0, 0.05) is 24.7 Å². The number of hydrogen-bond donors (Lipinski definition) is 1. The van der Waals surface area contributed by atoms with Crippen molar-refractivity contribution in [3.63, 3.8) is 0 Å². The van der Waals surface area contributed by atoms with Crippen molar-refractivity contribution in [2.24, 2.45) is 0 Å². The molecule has 92 valence electrons. The van der Waals surface area contributed by atoms with Gasteiger partial charge in [0.25, 0.3) is 0 Å². The minimum absolute atomic E-state index is 0.0560. The third-order valence-corrected chi connectivity index (χ3v) is 3.76. The second-order valence-corrected chi connectivity index (χ2v) is 4.92. The van der Waals surface area contributed by atoms with Gasteiger partial charge in [0.2, 0.25) is 0 Å². The van der Waals surface area contributed by atoms with Crippen molar-refractivity contribution < 1.29 is 9.53 Å². The number of nitrogens with one attached hydrogen (secondary N) is 1. The number of amidine groups is 1. The maximum atomic E-state index is 11.9. The number of ether oxygens (including phenoxy) is 1. The zero-order valence-corrected chi connectivity index (χ0v) is 10.7. The molecule has 0 bridgehead atoms. The van der Waals surface area contributed by atoms with Gasteiger partial charge in [-0.15, -0.1) is 11.3 Å². The number of aromatic nitrogens is 1. The van der Waals surface area contributed by atoms with E-state index in [4.69, 9.17) is 10.1 Å². The molecule has 0 aliphatic carbocycles. The molecule has 1 N–H and O–H groups in total. The lowest BCUT2D eigenvalue weighted by molar-refractivity contribution is -0.117. The molecule has 1 aliphatic rings. The lowest BCUT2D eigenvalue weighted by Crippen LogP contribution is -2.29. The number of ketones is 1. The van der Waals surface area contributed by atoms with Gasteiger partial charge in [-0.3, -0.25) is 10.2 Å². The van der Waals surface area contributed by atoms with Crippen LogP contribution in [0.25, 0.3) is 0 Å². The first kappa shape index (κ1) is 12.2. The average molecular weight is 253 g/mol. The highest BCUT2D eigenvalue weighted by Gasteiger charge is 2.38. The Morgan fingerprint density at radius 2 is 2.47 bits per heavy atom. The molecular formula is C11H15N3O2S. The summed E-state index contributed by atoms with van der Waals surface area (Å²) < 4.78 is 4.97. The predicted molar refractivity (Wildman–Crippen MR) is 65.8 cm³/mol. The maximum Gasteiger partial charge on any atom is 0.169 e. The number of Topliss-reactive ketones (excluding diaryl/α,β-unsaturated/α-hetero) is 1. The number of methoxy groups -OCH3 is 1. The van der Waals surface area contributed by atoms with Crippen LogP contribution in [0.1, 0.15) is 16.6 Å². The Bertz CT molecular complexity index is 444. The molecule has 17 heavy (non-hydrogen) atoms. The van der Waals surface area contributed by atoms with Crippen LogP contribution in [0.3, 0.4) is 0 Å². The number of nitrogens with zero attached hydrogens (tertiary/aromatic N) is 2. The number of likely N-dealkylation sites (tertiary alicyclic amines) is 1. The maximum absolute atomic E-state index is 11.9. The van der Waals surface area contributed by atoms with E-state index in [2.05, 4.69) is 4.98 Å². The normalized spacial score (nSPS) is 20.4. The molecule has 2 rings (SSSR count). The zero-order chi connectivity index (χ0) is 12.4. The number of thiazole rings is 1. The van der Waals surface area contributed by atoms with Gasteiger partial charge in [-0.25, -0.2) is 4.98 Å². The van der Waals surface area contributed by atoms with E-state index in [-0.39, 0.29) is 5.78 Å². The first-order valence-electron chi connectivity index (χ1n) is 5.40. The summed E-state index contributed by atoms with van der Waals surface area (Å²) in [4.78, 5) is 18.0. The molecule has 1 atom stereocenters. The Morgan fingerprint density at radius 3 is 3.06 bits per heavy atom. The van der Waals surface area contributed by atoms with Crippen LogP contribution in [0, 0.1) is 12.3 Å². The smallest absolute Gasteiger partial charge is 0.169 e. The Labute approximate surface area is 104 Å². The number of aryl methyl sites for hydroxylation is 1. The van der Waals surface area contributed by atoms with Crippen molar-refractivity contribution in [2.45, 2.75) is 12.8 Å². The molecule has 0 spiro atoms. The zero-order valence-electron chi connectivity index (χ0n) is 9.90. The lowest BCUT2D eigenvalue weighted by atomic mass is 10.1. The second kappa shape index (κ2) is 4.93. The average Bonchev–Trinajstić information content (AvgIpc) is 2.81. The molecule has 0 aromatic carbocycles. The summed E-state index contributed by atoms with van der Waals surface area (Å²) in [6.45, 7) is 3.30. The van der Waals surface area contributed by atoms with Gasteiger partial charge in [-0.05, 0) is 6.92 Å². The minimum atomic E-state index is -0.467. The van der Waals surface area contributed by atoms with Crippen LogP contribution in [0.4, 0.5) is 0 Å². The highest BCUT2D eigenvalue weighted by Crippen LogP contribution is 2.28. The van der Waals surface area contributed by atoms with Gasteiger partial charge >= 0.3 is 0 Å². The van der Waals surface area contributed by atoms with Crippen molar-refractivity contribution in [3.8, 4) is 0 Å². The standard InChI is InChI=1S/C11H15N3O2S/c1-7-6-17-11(13-7)9-8(15)5-14(10(9)12)3-4-16-2/h6,9,12H,3-5H2,1-2H3. The van der Waals surface area contributed by atoms with Gasteiger partial charge in [0.15, 0.2) is 5.78 Å². The molecule has 2 heterocycles. The molecule has 1 unspecified atom stereocenters. The van der Waals surface area contributed by atoms with Gasteiger partial charge in [0.1, 0.15) is 16.8 Å². The molecule has 0 amide bonds. The molecule has 5 nitrogen and oxygen atoms in total. The summed E-state index contributed by atoms with van der Waals surface area (Å²) in [6, 6.07) is 0. The lowest BCUT2D eigenvalue weighted by Gasteiger charge is -2.16. The Balaban J connectivity index is 2.14. The third-order valence-electron chi connectivity index (χ3n) is 2.73. The van der Waals surface area contributed by atoms with Crippen LogP contribution in [0.15, 0.2) is 5.38 Å². The van der Waals surface area contributed by atoms with Gasteiger partial charge < -0.3 is 9.64 Å². The SMILES string of the molecule is COCCN1CC(=O)C(c2nc(C)cs2)C1=N. The van der Waals surface area contributed by atoms with Crippen LogP contribution in [-0.2, 0) is 9.53 Å². The molecule has 1 aromatic heterocycles. The van der Waals surface area contributed by atoms with Crippen molar-refractivity contribution in [1.82, 2.24) is 9.88 Å². The summed E-state index contributed by atoms with van der Waals surface area (Å²) in [5, 5.41) is 10.7. The monoisotopic (exact) mass is 253 g/mol. The van der Waals surface area contributed by atoms with E-state index in [0.717, 1.165) is 10.7 Å². The highest BCUT2D eigenvalue weighted by atomic mass is 32.1. The van der Waals surface area contributed by atoms with Crippen LogP contribution in [0.5, 0.6) is 0 Å². The number of hydrogen-bond acceptors (Lipinski definition) is 5. The van der Waals surface area contributed by atoms with E-state index >= 15 is 0 Å². The van der Waals surface area contributed by atoms with Crippen molar-refractivity contribution in [2.75, 3.05) is 26.8 Å². The molecule has 1 saturated heterocycles. The van der Waals surface area contributed by atoms with E-state index in [1.165, 1.54) is 11.3 Å². The fraction of sp³-hybridized carbons (Fsp3) is 0.545. The summed E-state index contributed by atoms with van der Waals surface area (Å²) in [7, 11) is 1.61. The van der Waals surface area contributed by atoms with Crippen molar-refractivity contribution in [3.05, 3.63) is 16.1 Å². The first-order chi connectivity index (χ1) is 8.13. The second-order valence-electron chi connectivity index (χ2n) is 4.03. The fourth-order valence-corrected chi connectivity index (χ4v) is 2.78. The molecule has 0 saturated carbocycles. The topological polar surface area (TPSA) is 66.3 Å². The number of rotatable bonds is 4. The van der Waals surface area contributed by atoms with E-state index in [0.29, 0.717) is 25.5 Å². The molecule has 6 heteroatoms. The van der Waals surface area contributed by atoms with Crippen molar-refractivity contribution >= 4 is 23.0 Å². The van der Waals surface area contributed by atoms with E-state index in [9.17, 15) is 4.79 Å². The molecule has 1 fully saturated rings. The number of carbonyl (C=O) groups is 1. The summed E-state index contributed by atoms with van der Waals surface area (Å²) in [6.07, 6.45) is 0. The minimum Gasteiger partial charge on any atom is -0.383 e. The van der Waals surface area contributed by atoms with Crippen molar-refractivity contribution in [1.29, 1.82) is 5.41 Å². The van der Waals surface area contributed by atoms with Crippen LogP contribution in [-0.4, -0.2) is 48.3 Å². The van der Waals surface area contributed by atoms with Crippen LogP contribution >= 0.6 is 11.3 Å². The van der Waals surface area contributed by atoms with Gasteiger partial charge in [-0.1, -0.05) is 0 Å². The molecule has 1 aliphatic heterocycles. The van der Waals surface area contributed by atoms with Gasteiger partial charge in [-0.2, -0.15) is 0 Å². The fourth-order valence-electron chi connectivity index (χ4n) is 1.86. The summed E-state index contributed by atoms with van der Waals surface area (Å²) >= 11 is 1.45. The van der Waals surface area contributed by atoms with E-state index < -0.39 is 5.92 Å². The van der Waals surface area contributed by atoms with Gasteiger partial charge in [0.05, 0.1) is 13.2 Å². The Hall–Kier alpha value is -1.27. The first-order valence-corrected chi connectivity index (χ1v) is 6.28. The van der Waals surface area contributed by atoms with E-state index in [1.807, 2.05) is 12.3 Å². The third kappa shape index (κ3) is 2.37. The highest BCUT2D eigenvalue weighted by molar-refractivity contribution is 7.10. The Kier molecular flexibility index (Phi) is 3.54. The number of carbonyl (C=O) groups excluding carboxylic acids is 1. The molecular weight excluding hydrogens is 238 g/mol. The van der Waals surface area contributed by atoms with Crippen LogP contribution in [0.2, 0.25) is 0 Å². The predicted octanol–water partition coefficient (Wildman–Crippen LogP) is 1.04. The quantitative estimate of drug-likeness (QED) is 0.870. The summed E-state index contributed by atoms with van der Waals surface area (Å²) in [5.74, 6) is -0.0626. The molecule has 0 radical (unpaired) electrons. The summed E-state index contributed by atoms with van der Waals surface area (Å²) in [5.41, 5.74) is 0.904. The largest absolute Gasteiger partial charge is 0.383 e. The van der Waals surface area contributed by atoms with Crippen LogP contribution < -0.4 is 0 Å². The molecule has 1 aromatic rings. The Morgan fingerprint density at radius 1 is 1.71 bits per heavy atom.